The second-order valence-corrected chi connectivity index (χ2v) is 5.03. The molecular formula is C14H14F3NS. The van der Waals surface area contributed by atoms with Crippen LogP contribution in [0.4, 0.5) is 13.2 Å². The Bertz CT molecular complexity index is 557. The Hall–Kier alpha value is -1.33. The third-order valence-corrected chi connectivity index (χ3v) is 3.83. The molecule has 0 saturated carbocycles. The molecule has 5 heteroatoms. The highest BCUT2D eigenvalue weighted by Gasteiger charge is 2.24. The van der Waals surface area contributed by atoms with E-state index < -0.39 is 23.5 Å². The zero-order valence-electron chi connectivity index (χ0n) is 10.6. The predicted octanol–water partition coefficient (Wildman–Crippen LogP) is 4.17. The fourth-order valence-electron chi connectivity index (χ4n) is 2.07. The molecule has 0 radical (unpaired) electrons. The van der Waals surface area contributed by atoms with Gasteiger partial charge in [-0.3, -0.25) is 0 Å². The molecule has 1 heterocycles. The number of hydrogen-bond acceptors (Lipinski definition) is 2. The van der Waals surface area contributed by atoms with E-state index in [2.05, 4.69) is 5.32 Å². The molecule has 1 atom stereocenters. The van der Waals surface area contributed by atoms with E-state index in [0.717, 1.165) is 11.1 Å². The van der Waals surface area contributed by atoms with Gasteiger partial charge in [0, 0.05) is 17.7 Å². The summed E-state index contributed by atoms with van der Waals surface area (Å²) >= 11 is 1.47. The van der Waals surface area contributed by atoms with Gasteiger partial charge in [0.2, 0.25) is 0 Å². The van der Waals surface area contributed by atoms with E-state index in [0.29, 0.717) is 18.7 Å². The lowest BCUT2D eigenvalue weighted by Gasteiger charge is -2.20. The first-order chi connectivity index (χ1) is 9.04. The summed E-state index contributed by atoms with van der Waals surface area (Å²) in [6, 6.07) is 0.825. The molecule has 0 saturated heterocycles. The molecule has 0 amide bonds. The summed E-state index contributed by atoms with van der Waals surface area (Å²) in [6.07, 6.45) is 0. The van der Waals surface area contributed by atoms with Crippen molar-refractivity contribution >= 4 is 11.3 Å². The lowest BCUT2D eigenvalue weighted by atomic mass is 9.97. The molecule has 102 valence electrons. The van der Waals surface area contributed by atoms with Gasteiger partial charge in [0.15, 0.2) is 0 Å². The van der Waals surface area contributed by atoms with Crippen LogP contribution in [-0.4, -0.2) is 6.54 Å². The maximum atomic E-state index is 13.9. The second kappa shape index (κ2) is 5.75. The first-order valence-electron chi connectivity index (χ1n) is 5.95. The first-order valence-corrected chi connectivity index (χ1v) is 6.89. The van der Waals surface area contributed by atoms with Crippen LogP contribution >= 0.6 is 11.3 Å². The maximum absolute atomic E-state index is 13.9. The van der Waals surface area contributed by atoms with E-state index in [4.69, 9.17) is 0 Å². The monoisotopic (exact) mass is 285 g/mol. The molecule has 0 aliphatic carbocycles. The van der Waals surface area contributed by atoms with Crippen LogP contribution in [0.1, 0.15) is 29.7 Å². The number of thiophene rings is 1. The Kier molecular flexibility index (Phi) is 4.27. The minimum absolute atomic E-state index is 0.134. The van der Waals surface area contributed by atoms with Crippen LogP contribution in [0.5, 0.6) is 0 Å². The zero-order chi connectivity index (χ0) is 14.0. The highest BCUT2D eigenvalue weighted by Crippen LogP contribution is 2.31. The quantitative estimate of drug-likeness (QED) is 0.889. The van der Waals surface area contributed by atoms with E-state index in [1.807, 2.05) is 24.6 Å². The van der Waals surface area contributed by atoms with Gasteiger partial charge in [-0.2, -0.15) is 11.3 Å². The molecule has 0 aliphatic rings. The van der Waals surface area contributed by atoms with Crippen molar-refractivity contribution in [2.24, 2.45) is 0 Å². The predicted molar refractivity (Wildman–Crippen MR) is 70.9 cm³/mol. The largest absolute Gasteiger partial charge is 0.306 e. The van der Waals surface area contributed by atoms with Gasteiger partial charge in [0.05, 0.1) is 6.04 Å². The Morgan fingerprint density at radius 2 is 1.79 bits per heavy atom. The van der Waals surface area contributed by atoms with Crippen molar-refractivity contribution in [1.82, 2.24) is 5.32 Å². The average Bonchev–Trinajstić information content (AvgIpc) is 2.73. The molecule has 1 aromatic carbocycles. The molecule has 1 unspecified atom stereocenters. The fourth-order valence-corrected chi connectivity index (χ4v) is 2.94. The number of halogens is 3. The van der Waals surface area contributed by atoms with Crippen molar-refractivity contribution in [2.45, 2.75) is 19.9 Å². The van der Waals surface area contributed by atoms with Crippen LogP contribution in [0.25, 0.3) is 0 Å². The van der Waals surface area contributed by atoms with Crippen LogP contribution in [0, 0.1) is 24.4 Å². The van der Waals surface area contributed by atoms with Crippen molar-refractivity contribution in [2.75, 3.05) is 6.54 Å². The molecular weight excluding hydrogens is 271 g/mol. The summed E-state index contributed by atoms with van der Waals surface area (Å²) in [5.74, 6) is -2.64. The number of rotatable bonds is 4. The smallest absolute Gasteiger partial charge is 0.134 e. The van der Waals surface area contributed by atoms with Gasteiger partial charge in [-0.1, -0.05) is 6.92 Å². The minimum Gasteiger partial charge on any atom is -0.306 e. The van der Waals surface area contributed by atoms with Crippen molar-refractivity contribution in [1.29, 1.82) is 0 Å². The van der Waals surface area contributed by atoms with E-state index in [-0.39, 0.29) is 5.56 Å². The SMILES string of the molecule is CCNC(c1cscc1C)c1c(F)cc(F)cc1F. The summed E-state index contributed by atoms with van der Waals surface area (Å²) in [5.41, 5.74) is 1.64. The topological polar surface area (TPSA) is 12.0 Å². The van der Waals surface area contributed by atoms with Crippen LogP contribution in [-0.2, 0) is 0 Å². The number of aryl methyl sites for hydroxylation is 1. The first kappa shape index (κ1) is 14.1. The normalized spacial score (nSPS) is 12.7. The molecule has 0 fully saturated rings. The van der Waals surface area contributed by atoms with Crippen molar-refractivity contribution < 1.29 is 13.2 Å². The van der Waals surface area contributed by atoms with Crippen LogP contribution in [0.3, 0.4) is 0 Å². The van der Waals surface area contributed by atoms with Gasteiger partial charge in [0.25, 0.3) is 0 Å². The Labute approximate surface area is 114 Å². The van der Waals surface area contributed by atoms with Crippen molar-refractivity contribution in [3.05, 3.63) is 57.0 Å². The van der Waals surface area contributed by atoms with Crippen LogP contribution < -0.4 is 5.32 Å². The van der Waals surface area contributed by atoms with E-state index in [9.17, 15) is 13.2 Å². The lowest BCUT2D eigenvalue weighted by Crippen LogP contribution is -2.24. The molecule has 0 spiro atoms. The van der Waals surface area contributed by atoms with Gasteiger partial charge in [-0.25, -0.2) is 13.2 Å². The molecule has 2 rings (SSSR count). The second-order valence-electron chi connectivity index (χ2n) is 4.28. The summed E-state index contributed by atoms with van der Waals surface area (Å²) in [4.78, 5) is 0. The molecule has 2 aromatic rings. The van der Waals surface area contributed by atoms with Gasteiger partial charge in [0.1, 0.15) is 17.5 Å². The summed E-state index contributed by atoms with van der Waals surface area (Å²) in [6.45, 7) is 4.29. The Balaban J connectivity index is 2.54. The van der Waals surface area contributed by atoms with Gasteiger partial charge in [-0.05, 0) is 35.4 Å². The highest BCUT2D eigenvalue weighted by molar-refractivity contribution is 7.08. The zero-order valence-corrected chi connectivity index (χ0v) is 11.5. The van der Waals surface area contributed by atoms with Gasteiger partial charge < -0.3 is 5.32 Å². The lowest BCUT2D eigenvalue weighted by molar-refractivity contribution is 0.491. The third kappa shape index (κ3) is 2.82. The van der Waals surface area contributed by atoms with E-state index in [1.165, 1.54) is 11.3 Å². The number of hydrogen-bond donors (Lipinski definition) is 1. The van der Waals surface area contributed by atoms with Crippen molar-refractivity contribution in [3.63, 3.8) is 0 Å². The number of nitrogens with one attached hydrogen (secondary N) is 1. The minimum atomic E-state index is -0.906. The number of benzene rings is 1. The summed E-state index contributed by atoms with van der Waals surface area (Å²) < 4.78 is 40.8. The Morgan fingerprint density at radius 1 is 1.16 bits per heavy atom. The standard InChI is InChI=1S/C14H14F3NS/c1-3-18-14(10-7-19-6-8(10)2)13-11(16)4-9(15)5-12(13)17/h4-7,14,18H,3H2,1-2H3. The summed E-state index contributed by atoms with van der Waals surface area (Å²) in [7, 11) is 0. The van der Waals surface area contributed by atoms with E-state index in [1.54, 1.807) is 0 Å². The molecule has 0 bridgehead atoms. The summed E-state index contributed by atoms with van der Waals surface area (Å²) in [5, 5.41) is 6.82. The third-order valence-electron chi connectivity index (χ3n) is 2.95. The van der Waals surface area contributed by atoms with Gasteiger partial charge in [-0.15, -0.1) is 0 Å². The Morgan fingerprint density at radius 3 is 2.26 bits per heavy atom. The van der Waals surface area contributed by atoms with Gasteiger partial charge >= 0.3 is 0 Å². The highest BCUT2D eigenvalue weighted by atomic mass is 32.1. The fraction of sp³-hybridized carbons (Fsp3) is 0.286. The molecule has 1 aromatic heterocycles. The molecule has 19 heavy (non-hydrogen) atoms. The van der Waals surface area contributed by atoms with Crippen molar-refractivity contribution in [3.8, 4) is 0 Å². The average molecular weight is 285 g/mol. The maximum Gasteiger partial charge on any atom is 0.134 e. The van der Waals surface area contributed by atoms with E-state index >= 15 is 0 Å². The van der Waals surface area contributed by atoms with Crippen LogP contribution in [0.15, 0.2) is 22.9 Å². The molecule has 1 nitrogen and oxygen atoms in total. The molecule has 1 N–H and O–H groups in total. The van der Waals surface area contributed by atoms with Crippen LogP contribution in [0.2, 0.25) is 0 Å². The molecule has 0 aliphatic heterocycles.